The van der Waals surface area contributed by atoms with Gasteiger partial charge in [0.2, 0.25) is 0 Å². The molecule has 1 unspecified atom stereocenters. The van der Waals surface area contributed by atoms with Crippen LogP contribution >= 0.6 is 0 Å². The van der Waals surface area contributed by atoms with Crippen LogP contribution < -0.4 is 9.47 Å². The summed E-state index contributed by atoms with van der Waals surface area (Å²) in [6, 6.07) is 9.53. The Morgan fingerprint density at radius 2 is 2.23 bits per heavy atom. The zero-order valence-corrected chi connectivity index (χ0v) is 12.3. The number of hydrogen-bond donors (Lipinski definition) is 0. The summed E-state index contributed by atoms with van der Waals surface area (Å²) in [5, 5.41) is 0. The van der Waals surface area contributed by atoms with Gasteiger partial charge in [-0.05, 0) is 24.6 Å². The normalized spacial score (nSPS) is 19.4. The Kier molecular flexibility index (Phi) is 2.99. The molecule has 2 aliphatic heterocycles. The van der Waals surface area contributed by atoms with Gasteiger partial charge in [0.05, 0.1) is 31.0 Å². The Hall–Kier alpha value is -2.56. The summed E-state index contributed by atoms with van der Waals surface area (Å²) in [4.78, 5) is 18.7. The molecule has 1 aromatic heterocycles. The van der Waals surface area contributed by atoms with Crippen molar-refractivity contribution in [1.82, 2.24) is 9.88 Å². The molecule has 1 amide bonds. The van der Waals surface area contributed by atoms with Gasteiger partial charge in [-0.3, -0.25) is 9.78 Å². The minimum absolute atomic E-state index is 0.0290. The largest absolute Gasteiger partial charge is 0.493 e. The van der Waals surface area contributed by atoms with E-state index in [2.05, 4.69) is 4.98 Å². The molecule has 0 saturated heterocycles. The standard InChI is InChI=1S/C17H16N2O3/c1-21-15-6-2-4-11-8-12(10-22-16(11)15)19-9-14-13(17(19)20)5-3-7-18-14/h2-7,12H,8-10H2,1H3. The van der Waals surface area contributed by atoms with Crippen LogP contribution in [0.1, 0.15) is 21.6 Å². The average molecular weight is 296 g/mol. The van der Waals surface area contributed by atoms with Crippen molar-refractivity contribution < 1.29 is 14.3 Å². The number of rotatable bonds is 2. The van der Waals surface area contributed by atoms with E-state index in [4.69, 9.17) is 9.47 Å². The number of aromatic nitrogens is 1. The number of fused-ring (bicyclic) bond motifs is 2. The number of pyridine rings is 1. The molecular formula is C17H16N2O3. The third-order valence-corrected chi connectivity index (χ3v) is 4.30. The number of carbonyl (C=O) groups excluding carboxylic acids is 1. The highest BCUT2D eigenvalue weighted by Gasteiger charge is 2.36. The summed E-state index contributed by atoms with van der Waals surface area (Å²) >= 11 is 0. The van der Waals surface area contributed by atoms with Gasteiger partial charge in [-0.1, -0.05) is 12.1 Å². The van der Waals surface area contributed by atoms with Crippen molar-refractivity contribution >= 4 is 5.91 Å². The number of hydrogen-bond acceptors (Lipinski definition) is 4. The molecule has 0 N–H and O–H groups in total. The van der Waals surface area contributed by atoms with E-state index in [0.29, 0.717) is 18.7 Å². The Balaban J connectivity index is 1.60. The Bertz CT molecular complexity index is 744. The summed E-state index contributed by atoms with van der Waals surface area (Å²) in [5.74, 6) is 1.58. The van der Waals surface area contributed by atoms with Crippen LogP contribution in [0.4, 0.5) is 0 Å². The molecule has 0 saturated carbocycles. The first kappa shape index (κ1) is 13.1. The van der Waals surface area contributed by atoms with Gasteiger partial charge >= 0.3 is 0 Å². The lowest BCUT2D eigenvalue weighted by Crippen LogP contribution is -2.43. The van der Waals surface area contributed by atoms with Gasteiger partial charge in [-0.25, -0.2) is 0 Å². The van der Waals surface area contributed by atoms with Crippen molar-refractivity contribution in [3.63, 3.8) is 0 Å². The lowest BCUT2D eigenvalue weighted by molar-refractivity contribution is 0.0607. The molecule has 0 bridgehead atoms. The van der Waals surface area contributed by atoms with Crippen LogP contribution in [0.5, 0.6) is 11.5 Å². The first-order valence-electron chi connectivity index (χ1n) is 7.31. The van der Waals surface area contributed by atoms with Crippen molar-refractivity contribution in [2.45, 2.75) is 19.0 Å². The van der Waals surface area contributed by atoms with Crippen LogP contribution in [0.2, 0.25) is 0 Å². The first-order chi connectivity index (χ1) is 10.8. The summed E-state index contributed by atoms with van der Waals surface area (Å²) in [6.45, 7) is 1.04. The van der Waals surface area contributed by atoms with E-state index in [1.807, 2.05) is 29.2 Å². The number of methoxy groups -OCH3 is 1. The minimum atomic E-state index is 0.0290. The summed E-state index contributed by atoms with van der Waals surface area (Å²) < 4.78 is 11.2. The number of nitrogens with zero attached hydrogens (tertiary/aromatic N) is 2. The first-order valence-corrected chi connectivity index (χ1v) is 7.31. The molecule has 0 aliphatic carbocycles. The van der Waals surface area contributed by atoms with Crippen molar-refractivity contribution in [2.24, 2.45) is 0 Å². The van der Waals surface area contributed by atoms with E-state index in [1.165, 1.54) is 0 Å². The van der Waals surface area contributed by atoms with Crippen LogP contribution in [0.15, 0.2) is 36.5 Å². The fourth-order valence-corrected chi connectivity index (χ4v) is 3.18. The second-order valence-electron chi connectivity index (χ2n) is 5.55. The summed E-state index contributed by atoms with van der Waals surface area (Å²) in [5.41, 5.74) is 2.63. The van der Waals surface area contributed by atoms with E-state index in [9.17, 15) is 4.79 Å². The fourth-order valence-electron chi connectivity index (χ4n) is 3.18. The average Bonchev–Trinajstić information content (AvgIpc) is 2.91. The predicted octanol–water partition coefficient (Wildman–Crippen LogP) is 2.05. The van der Waals surface area contributed by atoms with Crippen molar-refractivity contribution in [2.75, 3.05) is 13.7 Å². The van der Waals surface area contributed by atoms with Gasteiger partial charge in [0, 0.05) is 11.8 Å². The number of para-hydroxylation sites is 1. The van der Waals surface area contributed by atoms with E-state index in [1.54, 1.807) is 19.4 Å². The second-order valence-corrected chi connectivity index (χ2v) is 5.55. The number of carbonyl (C=O) groups is 1. The van der Waals surface area contributed by atoms with Gasteiger partial charge in [0.1, 0.15) is 6.61 Å². The second kappa shape index (κ2) is 5.02. The lowest BCUT2D eigenvalue weighted by Gasteiger charge is -2.32. The number of amides is 1. The third kappa shape index (κ3) is 1.93. The molecule has 2 aromatic rings. The quantitative estimate of drug-likeness (QED) is 0.851. The van der Waals surface area contributed by atoms with Crippen molar-refractivity contribution in [1.29, 1.82) is 0 Å². The molecule has 0 radical (unpaired) electrons. The Morgan fingerprint density at radius 3 is 3.05 bits per heavy atom. The molecule has 112 valence electrons. The maximum absolute atomic E-state index is 12.5. The van der Waals surface area contributed by atoms with Crippen molar-refractivity contribution in [3.05, 3.63) is 53.3 Å². The molecule has 22 heavy (non-hydrogen) atoms. The highest BCUT2D eigenvalue weighted by atomic mass is 16.5. The molecule has 1 aromatic carbocycles. The van der Waals surface area contributed by atoms with Gasteiger partial charge in [-0.15, -0.1) is 0 Å². The van der Waals surface area contributed by atoms with Gasteiger partial charge in [-0.2, -0.15) is 0 Å². The van der Waals surface area contributed by atoms with Crippen LogP contribution in [0.3, 0.4) is 0 Å². The maximum atomic E-state index is 12.5. The van der Waals surface area contributed by atoms with E-state index < -0.39 is 0 Å². The van der Waals surface area contributed by atoms with E-state index in [-0.39, 0.29) is 11.9 Å². The molecule has 4 rings (SSSR count). The van der Waals surface area contributed by atoms with E-state index in [0.717, 1.165) is 29.2 Å². The smallest absolute Gasteiger partial charge is 0.256 e. The molecule has 5 nitrogen and oxygen atoms in total. The van der Waals surface area contributed by atoms with Crippen molar-refractivity contribution in [3.8, 4) is 11.5 Å². The maximum Gasteiger partial charge on any atom is 0.256 e. The van der Waals surface area contributed by atoms with Gasteiger partial charge in [0.15, 0.2) is 11.5 Å². The predicted molar refractivity (Wildman–Crippen MR) is 80.1 cm³/mol. The molecule has 3 heterocycles. The van der Waals surface area contributed by atoms with Gasteiger partial charge in [0.25, 0.3) is 5.91 Å². The SMILES string of the molecule is COc1cccc2c1OCC(N1Cc3ncccc3C1=O)C2. The zero-order chi connectivity index (χ0) is 15.1. The lowest BCUT2D eigenvalue weighted by atomic mass is 10.0. The molecule has 1 atom stereocenters. The van der Waals surface area contributed by atoms with Crippen LogP contribution in [0, 0.1) is 0 Å². The Labute approximate surface area is 128 Å². The topological polar surface area (TPSA) is 51.7 Å². The van der Waals surface area contributed by atoms with E-state index >= 15 is 0 Å². The zero-order valence-electron chi connectivity index (χ0n) is 12.3. The molecule has 0 fully saturated rings. The molecular weight excluding hydrogens is 280 g/mol. The fraction of sp³-hybridized carbons (Fsp3) is 0.294. The van der Waals surface area contributed by atoms with Crippen LogP contribution in [-0.4, -0.2) is 35.5 Å². The Morgan fingerprint density at radius 1 is 1.32 bits per heavy atom. The number of ether oxygens (including phenoxy) is 2. The summed E-state index contributed by atoms with van der Waals surface area (Å²) in [7, 11) is 1.64. The third-order valence-electron chi connectivity index (χ3n) is 4.30. The highest BCUT2D eigenvalue weighted by molar-refractivity contribution is 5.98. The monoisotopic (exact) mass is 296 g/mol. The highest BCUT2D eigenvalue weighted by Crippen LogP contribution is 2.36. The molecule has 0 spiro atoms. The summed E-state index contributed by atoms with van der Waals surface area (Å²) in [6.07, 6.45) is 2.50. The van der Waals surface area contributed by atoms with Crippen LogP contribution in [-0.2, 0) is 13.0 Å². The molecule has 5 heteroatoms. The minimum Gasteiger partial charge on any atom is -0.493 e. The van der Waals surface area contributed by atoms with Crippen LogP contribution in [0.25, 0.3) is 0 Å². The molecule has 2 aliphatic rings. The number of benzene rings is 1. The van der Waals surface area contributed by atoms with Gasteiger partial charge < -0.3 is 14.4 Å².